The van der Waals surface area contributed by atoms with Crippen molar-refractivity contribution in [2.24, 2.45) is 0 Å². The monoisotopic (exact) mass is 485 g/mol. The van der Waals surface area contributed by atoms with Gasteiger partial charge in [0.25, 0.3) is 10.0 Å². The van der Waals surface area contributed by atoms with E-state index in [4.69, 9.17) is 23.2 Å². The maximum Gasteiger partial charge on any atom is 0.263 e. The number of hydrogen-bond acceptors (Lipinski definition) is 6. The van der Waals surface area contributed by atoms with Gasteiger partial charge in [-0.25, -0.2) is 16.8 Å². The number of nitrogens with zero attached hydrogens (tertiary/aromatic N) is 3. The molecule has 0 spiro atoms. The van der Waals surface area contributed by atoms with Gasteiger partial charge >= 0.3 is 0 Å². The van der Waals surface area contributed by atoms with E-state index in [1.54, 1.807) is 19.9 Å². The van der Waals surface area contributed by atoms with Crippen molar-refractivity contribution in [2.45, 2.75) is 23.6 Å². The van der Waals surface area contributed by atoms with Gasteiger partial charge < -0.3 is 9.97 Å². The molecule has 0 unspecified atom stereocenters. The minimum absolute atomic E-state index is 0.00153. The van der Waals surface area contributed by atoms with E-state index in [9.17, 15) is 16.8 Å². The van der Waals surface area contributed by atoms with Crippen LogP contribution < -0.4 is 4.72 Å². The molecule has 0 aliphatic carbocycles. The van der Waals surface area contributed by atoms with Crippen LogP contribution in [0, 0.1) is 13.8 Å². The van der Waals surface area contributed by atoms with Gasteiger partial charge in [-0.2, -0.15) is 0 Å². The minimum Gasteiger partial charge on any atom is -0.363 e. The van der Waals surface area contributed by atoms with Crippen LogP contribution in [0.4, 0.5) is 11.6 Å². The molecule has 0 saturated carbocycles. The Labute approximate surface area is 184 Å². The summed E-state index contributed by atoms with van der Waals surface area (Å²) in [4.78, 5) is 7.63. The molecular formula is C18H15Cl2N4O4S2-. The number of aromatic nitrogens is 2. The molecule has 158 valence electrons. The average molecular weight is 486 g/mol. The number of sulfonamides is 2. The number of halogens is 2. The van der Waals surface area contributed by atoms with E-state index in [-0.39, 0.29) is 31.5 Å². The maximum absolute atomic E-state index is 12.6. The number of benzene rings is 2. The summed E-state index contributed by atoms with van der Waals surface area (Å²) in [5, 5.41) is 0.203. The van der Waals surface area contributed by atoms with E-state index < -0.39 is 20.0 Å². The van der Waals surface area contributed by atoms with E-state index in [0.29, 0.717) is 11.4 Å². The Morgan fingerprint density at radius 1 is 0.867 bits per heavy atom. The average Bonchev–Trinajstić information content (AvgIpc) is 2.62. The summed E-state index contributed by atoms with van der Waals surface area (Å²) in [7, 11) is -8.12. The summed E-state index contributed by atoms with van der Waals surface area (Å²) in [5.74, 6) is -0.173. The standard InChI is InChI=1S/C18H15Cl2N4O4S2/c1-11-9-12(2)22-18(21-11)24-29(25,26)15-6-4-14(5-7-15)23-30(27,28)17-10-13(19)3-8-16(17)20/h3-10,23H,1-2H3/q-1. The van der Waals surface area contributed by atoms with Gasteiger partial charge in [-0.1, -0.05) is 29.3 Å². The van der Waals surface area contributed by atoms with Crippen molar-refractivity contribution in [3.05, 3.63) is 74.7 Å². The lowest BCUT2D eigenvalue weighted by molar-refractivity contribution is 0.600. The fourth-order valence-electron chi connectivity index (χ4n) is 2.50. The van der Waals surface area contributed by atoms with E-state index in [1.807, 2.05) is 0 Å². The quantitative estimate of drug-likeness (QED) is 0.544. The molecule has 0 saturated heterocycles. The van der Waals surface area contributed by atoms with Gasteiger partial charge in [-0.15, -0.1) is 0 Å². The summed E-state index contributed by atoms with van der Waals surface area (Å²) in [6, 6.07) is 10.8. The second kappa shape index (κ2) is 8.38. The third-order valence-corrected chi connectivity index (χ3v) is 7.13. The summed E-state index contributed by atoms with van der Waals surface area (Å²) in [5.41, 5.74) is 1.30. The summed E-state index contributed by atoms with van der Waals surface area (Å²) >= 11 is 11.8. The molecule has 0 radical (unpaired) electrons. The van der Waals surface area contributed by atoms with Gasteiger partial charge in [0, 0.05) is 16.7 Å². The second-order valence-electron chi connectivity index (χ2n) is 6.22. The summed E-state index contributed by atoms with van der Waals surface area (Å²) < 4.78 is 56.1. The third-order valence-electron chi connectivity index (χ3n) is 3.76. The first-order valence-corrected chi connectivity index (χ1v) is 12.0. The zero-order valence-corrected chi connectivity index (χ0v) is 18.8. The molecule has 0 aliphatic heterocycles. The maximum atomic E-state index is 12.6. The van der Waals surface area contributed by atoms with Crippen molar-refractivity contribution in [1.82, 2.24) is 9.97 Å². The number of anilines is 1. The van der Waals surface area contributed by atoms with Gasteiger partial charge in [0.05, 0.1) is 9.92 Å². The molecule has 0 amide bonds. The van der Waals surface area contributed by atoms with Crippen molar-refractivity contribution in [1.29, 1.82) is 0 Å². The number of nitrogens with one attached hydrogen (secondary N) is 1. The van der Waals surface area contributed by atoms with E-state index in [1.165, 1.54) is 42.5 Å². The lowest BCUT2D eigenvalue weighted by Gasteiger charge is -2.15. The van der Waals surface area contributed by atoms with Gasteiger partial charge in [0.2, 0.25) is 10.0 Å². The van der Waals surface area contributed by atoms with Crippen LogP contribution in [0.15, 0.2) is 58.3 Å². The molecule has 1 aromatic heterocycles. The van der Waals surface area contributed by atoms with Crippen molar-refractivity contribution in [3.8, 4) is 0 Å². The zero-order valence-electron chi connectivity index (χ0n) is 15.7. The molecule has 1 N–H and O–H groups in total. The largest absolute Gasteiger partial charge is 0.363 e. The summed E-state index contributed by atoms with van der Waals surface area (Å²) in [6.07, 6.45) is 0. The molecular weight excluding hydrogens is 471 g/mol. The molecule has 1 heterocycles. The molecule has 0 atom stereocenters. The highest BCUT2D eigenvalue weighted by atomic mass is 35.5. The van der Waals surface area contributed by atoms with Crippen molar-refractivity contribution < 1.29 is 16.8 Å². The van der Waals surface area contributed by atoms with Crippen LogP contribution in [0.3, 0.4) is 0 Å². The fraction of sp³-hybridized carbons (Fsp3) is 0.111. The minimum atomic E-state index is -4.09. The Kier molecular flexibility index (Phi) is 6.23. The van der Waals surface area contributed by atoms with E-state index in [0.717, 1.165) is 0 Å². The Balaban J connectivity index is 1.82. The van der Waals surface area contributed by atoms with Crippen LogP contribution in [0.1, 0.15) is 11.4 Å². The zero-order chi connectivity index (χ0) is 22.1. The molecule has 0 aliphatic rings. The van der Waals surface area contributed by atoms with Crippen LogP contribution in [0.5, 0.6) is 0 Å². The van der Waals surface area contributed by atoms with Crippen LogP contribution >= 0.6 is 23.2 Å². The highest BCUT2D eigenvalue weighted by Gasteiger charge is 2.19. The first-order valence-electron chi connectivity index (χ1n) is 8.34. The predicted octanol–water partition coefficient (Wildman–Crippen LogP) is 4.60. The molecule has 30 heavy (non-hydrogen) atoms. The second-order valence-corrected chi connectivity index (χ2v) is 10.3. The highest BCUT2D eigenvalue weighted by Crippen LogP contribution is 2.29. The van der Waals surface area contributed by atoms with Crippen molar-refractivity contribution in [2.75, 3.05) is 4.72 Å². The SMILES string of the molecule is Cc1cc(C)nc([N-]S(=O)(=O)c2ccc(NS(=O)(=O)c3cc(Cl)ccc3Cl)cc2)n1. The third kappa shape index (κ3) is 5.20. The number of aryl methyl sites for hydroxylation is 2. The molecule has 2 aromatic carbocycles. The van der Waals surface area contributed by atoms with Crippen LogP contribution in [-0.2, 0) is 20.0 Å². The molecule has 3 rings (SSSR count). The fourth-order valence-corrected chi connectivity index (χ4v) is 5.20. The Hall–Kier alpha value is -2.40. The van der Waals surface area contributed by atoms with E-state index >= 15 is 0 Å². The topological polar surface area (TPSA) is 120 Å². The molecule has 8 nitrogen and oxygen atoms in total. The van der Waals surface area contributed by atoms with Crippen LogP contribution in [0.2, 0.25) is 10.0 Å². The smallest absolute Gasteiger partial charge is 0.263 e. The van der Waals surface area contributed by atoms with Crippen molar-refractivity contribution >= 4 is 54.9 Å². The molecule has 0 bridgehead atoms. The lowest BCUT2D eigenvalue weighted by atomic mass is 10.3. The Bertz CT molecular complexity index is 1290. The summed E-state index contributed by atoms with van der Waals surface area (Å²) in [6.45, 7) is 3.40. The van der Waals surface area contributed by atoms with Gasteiger partial charge in [0.1, 0.15) is 4.90 Å². The normalized spacial score (nSPS) is 11.9. The van der Waals surface area contributed by atoms with Crippen LogP contribution in [0.25, 0.3) is 4.72 Å². The van der Waals surface area contributed by atoms with Gasteiger partial charge in [-0.3, -0.25) is 9.44 Å². The van der Waals surface area contributed by atoms with Gasteiger partial charge in [0.15, 0.2) is 0 Å². The van der Waals surface area contributed by atoms with E-state index in [2.05, 4.69) is 19.4 Å². The number of hydrogen-bond donors (Lipinski definition) is 1. The first-order chi connectivity index (χ1) is 14.0. The predicted molar refractivity (Wildman–Crippen MR) is 115 cm³/mol. The number of rotatable bonds is 6. The molecule has 0 fully saturated rings. The van der Waals surface area contributed by atoms with Gasteiger partial charge in [-0.05, 0) is 67.7 Å². The van der Waals surface area contributed by atoms with Crippen LogP contribution in [-0.4, -0.2) is 26.8 Å². The Morgan fingerprint density at radius 2 is 1.47 bits per heavy atom. The first kappa shape index (κ1) is 22.3. The highest BCUT2D eigenvalue weighted by molar-refractivity contribution is 7.94. The lowest BCUT2D eigenvalue weighted by Crippen LogP contribution is -2.13. The van der Waals surface area contributed by atoms with Crippen molar-refractivity contribution in [3.63, 3.8) is 0 Å². The Morgan fingerprint density at radius 3 is 2.07 bits per heavy atom. The molecule has 3 aromatic rings. The molecule has 12 heteroatoms.